The fraction of sp³-hybridized carbons (Fsp3) is 0.364. The number of benzene rings is 1. The second-order valence-corrected chi connectivity index (χ2v) is 3.97. The Labute approximate surface area is 102 Å². The summed E-state index contributed by atoms with van der Waals surface area (Å²) in [6.45, 7) is 0. The smallest absolute Gasteiger partial charge is 0.384 e. The lowest BCUT2D eigenvalue weighted by Crippen LogP contribution is -2.51. The van der Waals surface area contributed by atoms with Crippen LogP contribution in [0, 0.1) is 0 Å². The van der Waals surface area contributed by atoms with Gasteiger partial charge in [-0.1, -0.05) is 6.07 Å². The Morgan fingerprint density at radius 2 is 2.00 bits per heavy atom. The summed E-state index contributed by atoms with van der Waals surface area (Å²) in [7, 11) is 1.23. The minimum absolute atomic E-state index is 0.0796. The SMILES string of the molecule is COC(=O)Cc1ccc2c(c1)C(O)(O)C(O)(O)O2. The van der Waals surface area contributed by atoms with Gasteiger partial charge in [-0.3, -0.25) is 4.79 Å². The minimum atomic E-state index is -3.13. The minimum Gasteiger partial charge on any atom is -0.469 e. The predicted octanol–water partition coefficient (Wildman–Crippen LogP) is -1.43. The first-order valence-electron chi connectivity index (χ1n) is 5.06. The van der Waals surface area contributed by atoms with Crippen LogP contribution < -0.4 is 4.74 Å². The maximum atomic E-state index is 11.1. The molecular weight excluding hydrogens is 244 g/mol. The Hall–Kier alpha value is -1.67. The van der Waals surface area contributed by atoms with Gasteiger partial charge in [0.2, 0.25) is 0 Å². The molecule has 0 amide bonds. The molecule has 0 radical (unpaired) electrons. The van der Waals surface area contributed by atoms with Gasteiger partial charge in [-0.05, 0) is 17.7 Å². The molecule has 0 bridgehead atoms. The average Bonchev–Trinajstić information content (AvgIpc) is 2.46. The highest BCUT2D eigenvalue weighted by molar-refractivity contribution is 5.72. The number of hydrogen-bond acceptors (Lipinski definition) is 7. The van der Waals surface area contributed by atoms with Crippen molar-refractivity contribution in [2.24, 2.45) is 0 Å². The molecule has 0 unspecified atom stereocenters. The van der Waals surface area contributed by atoms with E-state index in [-0.39, 0.29) is 17.7 Å². The molecule has 0 saturated heterocycles. The van der Waals surface area contributed by atoms with Crippen molar-refractivity contribution >= 4 is 5.97 Å². The molecule has 7 nitrogen and oxygen atoms in total. The number of carbonyl (C=O) groups is 1. The van der Waals surface area contributed by atoms with E-state index >= 15 is 0 Å². The van der Waals surface area contributed by atoms with E-state index in [1.165, 1.54) is 25.3 Å². The van der Waals surface area contributed by atoms with Crippen molar-refractivity contribution in [1.29, 1.82) is 0 Å². The van der Waals surface area contributed by atoms with Crippen LogP contribution in [0.5, 0.6) is 5.75 Å². The van der Waals surface area contributed by atoms with Crippen LogP contribution in [-0.4, -0.2) is 39.5 Å². The first kappa shape index (κ1) is 12.8. The fourth-order valence-corrected chi connectivity index (χ4v) is 1.69. The maximum absolute atomic E-state index is 11.1. The number of ether oxygens (including phenoxy) is 2. The molecule has 0 spiro atoms. The van der Waals surface area contributed by atoms with Crippen molar-refractivity contribution in [2.75, 3.05) is 7.11 Å². The summed E-state index contributed by atoms with van der Waals surface area (Å²) in [5.41, 5.74) is 0.197. The molecule has 1 heterocycles. The number of esters is 1. The Balaban J connectivity index is 2.38. The van der Waals surface area contributed by atoms with Gasteiger partial charge in [0.1, 0.15) is 5.75 Å². The van der Waals surface area contributed by atoms with Crippen molar-refractivity contribution in [2.45, 2.75) is 18.2 Å². The standard InChI is InChI=1S/C11H12O7/c1-17-9(12)5-6-2-3-8-7(4-6)10(13,14)11(15,16)18-8/h2-4,13-16H,5H2,1H3. The topological polar surface area (TPSA) is 116 Å². The van der Waals surface area contributed by atoms with Crippen LogP contribution in [0.2, 0.25) is 0 Å². The molecule has 1 aromatic carbocycles. The van der Waals surface area contributed by atoms with Gasteiger partial charge in [-0.25, -0.2) is 0 Å². The molecule has 2 rings (SSSR count). The van der Waals surface area contributed by atoms with E-state index in [0.29, 0.717) is 5.56 Å². The highest BCUT2D eigenvalue weighted by Crippen LogP contribution is 2.43. The zero-order chi connectivity index (χ0) is 13.6. The Bertz CT molecular complexity index is 492. The largest absolute Gasteiger partial charge is 0.469 e. The normalized spacial score (nSPS) is 18.9. The van der Waals surface area contributed by atoms with E-state index in [1.807, 2.05) is 0 Å². The van der Waals surface area contributed by atoms with E-state index in [1.54, 1.807) is 0 Å². The van der Waals surface area contributed by atoms with Crippen LogP contribution >= 0.6 is 0 Å². The molecule has 1 aromatic rings. The van der Waals surface area contributed by atoms with Crippen LogP contribution in [0.1, 0.15) is 11.1 Å². The molecule has 0 aliphatic carbocycles. The van der Waals surface area contributed by atoms with Gasteiger partial charge in [0.05, 0.1) is 19.1 Å². The van der Waals surface area contributed by atoms with Gasteiger partial charge in [0, 0.05) is 0 Å². The molecule has 0 aromatic heterocycles. The highest BCUT2D eigenvalue weighted by atomic mass is 16.8. The summed E-state index contributed by atoms with van der Waals surface area (Å²) < 4.78 is 9.06. The molecule has 98 valence electrons. The first-order chi connectivity index (χ1) is 8.28. The fourth-order valence-electron chi connectivity index (χ4n) is 1.69. The van der Waals surface area contributed by atoms with Crippen LogP contribution in [0.15, 0.2) is 18.2 Å². The van der Waals surface area contributed by atoms with E-state index in [4.69, 9.17) is 0 Å². The van der Waals surface area contributed by atoms with Crippen molar-refractivity contribution in [3.63, 3.8) is 0 Å². The monoisotopic (exact) mass is 256 g/mol. The van der Waals surface area contributed by atoms with E-state index in [0.717, 1.165) is 0 Å². The van der Waals surface area contributed by atoms with E-state index < -0.39 is 17.7 Å². The quantitative estimate of drug-likeness (QED) is 0.378. The zero-order valence-electron chi connectivity index (χ0n) is 9.45. The van der Waals surface area contributed by atoms with Gasteiger partial charge < -0.3 is 29.9 Å². The summed E-state index contributed by atoms with van der Waals surface area (Å²) in [5.74, 6) is -6.68. The number of fused-ring (bicyclic) bond motifs is 1. The van der Waals surface area contributed by atoms with E-state index in [9.17, 15) is 25.2 Å². The average molecular weight is 256 g/mol. The van der Waals surface area contributed by atoms with Crippen molar-refractivity contribution in [3.8, 4) is 5.75 Å². The number of carbonyl (C=O) groups excluding carboxylic acids is 1. The number of aliphatic hydroxyl groups is 4. The Morgan fingerprint density at radius 1 is 1.33 bits per heavy atom. The van der Waals surface area contributed by atoms with Crippen LogP contribution in [0.3, 0.4) is 0 Å². The van der Waals surface area contributed by atoms with Gasteiger partial charge in [-0.2, -0.15) is 0 Å². The molecule has 1 aliphatic heterocycles. The summed E-state index contributed by atoms with van der Waals surface area (Å²) >= 11 is 0. The molecule has 4 N–H and O–H groups in total. The van der Waals surface area contributed by atoms with Gasteiger partial charge in [0.15, 0.2) is 0 Å². The molecule has 0 fully saturated rings. The number of hydrogen-bond donors (Lipinski definition) is 4. The molecule has 0 saturated carbocycles. The second-order valence-electron chi connectivity index (χ2n) is 3.97. The molecular formula is C11H12O7. The number of methoxy groups -OCH3 is 1. The van der Waals surface area contributed by atoms with Gasteiger partial charge in [0.25, 0.3) is 5.79 Å². The van der Waals surface area contributed by atoms with Crippen LogP contribution in [-0.2, 0) is 21.7 Å². The van der Waals surface area contributed by atoms with Crippen molar-refractivity contribution in [1.82, 2.24) is 0 Å². The lowest BCUT2D eigenvalue weighted by molar-refractivity contribution is -0.426. The lowest BCUT2D eigenvalue weighted by Gasteiger charge is -2.25. The first-order valence-corrected chi connectivity index (χ1v) is 5.06. The second kappa shape index (κ2) is 3.92. The summed E-state index contributed by atoms with van der Waals surface area (Å²) in [6, 6.07) is 4.02. The number of rotatable bonds is 2. The summed E-state index contributed by atoms with van der Waals surface area (Å²) in [5, 5.41) is 37.8. The highest BCUT2D eigenvalue weighted by Gasteiger charge is 2.58. The lowest BCUT2D eigenvalue weighted by atomic mass is 10.0. The molecule has 18 heavy (non-hydrogen) atoms. The molecule has 0 atom stereocenters. The summed E-state index contributed by atoms with van der Waals surface area (Å²) in [6.07, 6.45) is -0.0796. The maximum Gasteiger partial charge on any atom is 0.384 e. The van der Waals surface area contributed by atoms with Crippen LogP contribution in [0.4, 0.5) is 0 Å². The molecule has 1 aliphatic rings. The zero-order valence-corrected chi connectivity index (χ0v) is 9.45. The van der Waals surface area contributed by atoms with Crippen molar-refractivity contribution < 1.29 is 34.7 Å². The third-order valence-electron chi connectivity index (χ3n) is 2.70. The van der Waals surface area contributed by atoms with Crippen molar-refractivity contribution in [3.05, 3.63) is 29.3 Å². The van der Waals surface area contributed by atoms with Gasteiger partial charge >= 0.3 is 11.9 Å². The Morgan fingerprint density at radius 3 is 2.61 bits per heavy atom. The molecule has 7 heteroatoms. The van der Waals surface area contributed by atoms with Crippen LogP contribution in [0.25, 0.3) is 0 Å². The third kappa shape index (κ3) is 1.83. The Kier molecular flexibility index (Phi) is 2.78. The van der Waals surface area contributed by atoms with Gasteiger partial charge in [-0.15, -0.1) is 0 Å². The van der Waals surface area contributed by atoms with E-state index in [2.05, 4.69) is 9.47 Å². The summed E-state index contributed by atoms with van der Waals surface area (Å²) in [4.78, 5) is 11.1. The predicted molar refractivity (Wildman–Crippen MR) is 56.1 cm³/mol. The third-order valence-corrected chi connectivity index (χ3v) is 2.70.